The van der Waals surface area contributed by atoms with Gasteiger partial charge in [-0.25, -0.2) is 0 Å². The molecule has 0 aliphatic carbocycles. The fourth-order valence-corrected chi connectivity index (χ4v) is 4.18. The van der Waals surface area contributed by atoms with Gasteiger partial charge in [0.15, 0.2) is 0 Å². The molecule has 0 saturated carbocycles. The smallest absolute Gasteiger partial charge is 0.238 e. The van der Waals surface area contributed by atoms with Gasteiger partial charge in [0, 0.05) is 26.1 Å². The van der Waals surface area contributed by atoms with E-state index in [1.807, 2.05) is 53.4 Å². The van der Waals surface area contributed by atoms with Gasteiger partial charge in [-0.05, 0) is 28.7 Å². The van der Waals surface area contributed by atoms with Crippen molar-refractivity contribution >= 4 is 17.5 Å². The van der Waals surface area contributed by atoms with Crippen LogP contribution in [-0.2, 0) is 9.59 Å². The van der Waals surface area contributed by atoms with Gasteiger partial charge in [-0.3, -0.25) is 14.5 Å². The van der Waals surface area contributed by atoms with Gasteiger partial charge < -0.3 is 15.0 Å². The van der Waals surface area contributed by atoms with Gasteiger partial charge in [0.1, 0.15) is 12.4 Å². The average Bonchev–Trinajstić information content (AvgIpc) is 2.79. The van der Waals surface area contributed by atoms with E-state index in [1.165, 1.54) is 0 Å². The lowest BCUT2D eigenvalue weighted by Crippen LogP contribution is -2.58. The maximum atomic E-state index is 12.8. The highest BCUT2D eigenvalue weighted by Gasteiger charge is 2.33. The molecule has 2 aromatic carbocycles. The molecule has 4 rings (SSSR count). The third-order valence-electron chi connectivity index (χ3n) is 5.78. The lowest BCUT2D eigenvalue weighted by Gasteiger charge is -2.41. The molecule has 0 spiro atoms. The first-order chi connectivity index (χ1) is 14.8. The number of carbonyl (C=O) groups excluding carboxylic acids is 2. The molecular weight excluding hydrogens is 390 g/mol. The van der Waals surface area contributed by atoms with Crippen LogP contribution < -0.4 is 10.1 Å². The van der Waals surface area contributed by atoms with Gasteiger partial charge in [0.05, 0.1) is 18.3 Å². The first-order valence-electron chi connectivity index (χ1n) is 10.9. The highest BCUT2D eigenvalue weighted by molar-refractivity contribution is 5.94. The molecular formula is C25H31N3O3. The molecule has 0 radical (unpaired) electrons. The summed E-state index contributed by atoms with van der Waals surface area (Å²) < 4.78 is 6.15. The van der Waals surface area contributed by atoms with Crippen molar-refractivity contribution in [3.63, 3.8) is 0 Å². The number of carbonyl (C=O) groups is 2. The fraction of sp³-hybridized carbons (Fsp3) is 0.440. The Morgan fingerprint density at radius 3 is 2.61 bits per heavy atom. The molecule has 164 valence electrons. The molecule has 1 fully saturated rings. The number of hydrogen-bond acceptors (Lipinski definition) is 4. The van der Waals surface area contributed by atoms with Gasteiger partial charge in [-0.2, -0.15) is 0 Å². The summed E-state index contributed by atoms with van der Waals surface area (Å²) in [5, 5.41) is 3.02. The summed E-state index contributed by atoms with van der Waals surface area (Å²) in [6, 6.07) is 15.9. The average molecular weight is 422 g/mol. The molecule has 31 heavy (non-hydrogen) atoms. The second kappa shape index (κ2) is 8.71. The summed E-state index contributed by atoms with van der Waals surface area (Å²) in [5.74, 6) is 0.772. The van der Waals surface area contributed by atoms with Crippen LogP contribution >= 0.6 is 0 Å². The summed E-state index contributed by atoms with van der Waals surface area (Å²) in [6.07, 6.45) is 0.520. The number of ether oxygens (including phenoxy) is 1. The second-order valence-electron chi connectivity index (χ2n) is 9.64. The molecule has 2 heterocycles. The third kappa shape index (κ3) is 5.25. The number of anilines is 1. The van der Waals surface area contributed by atoms with Crippen molar-refractivity contribution in [1.82, 2.24) is 9.80 Å². The zero-order valence-corrected chi connectivity index (χ0v) is 18.6. The van der Waals surface area contributed by atoms with E-state index in [9.17, 15) is 9.59 Å². The summed E-state index contributed by atoms with van der Waals surface area (Å²) in [6.45, 7) is 8.86. The third-order valence-corrected chi connectivity index (χ3v) is 5.78. The lowest BCUT2D eigenvalue weighted by molar-refractivity contribution is -0.136. The minimum absolute atomic E-state index is 0.0110. The molecule has 2 aromatic rings. The highest BCUT2D eigenvalue weighted by atomic mass is 16.5. The van der Waals surface area contributed by atoms with Crippen LogP contribution in [0.2, 0.25) is 0 Å². The highest BCUT2D eigenvalue weighted by Crippen LogP contribution is 2.32. The van der Waals surface area contributed by atoms with Crippen molar-refractivity contribution in [3.8, 4) is 16.9 Å². The van der Waals surface area contributed by atoms with Crippen LogP contribution in [0.1, 0.15) is 27.2 Å². The normalized spacial score (nSPS) is 19.8. The number of benzene rings is 2. The van der Waals surface area contributed by atoms with Gasteiger partial charge >= 0.3 is 0 Å². The topological polar surface area (TPSA) is 61.9 Å². The van der Waals surface area contributed by atoms with Crippen LogP contribution in [0.15, 0.2) is 48.5 Å². The molecule has 0 unspecified atom stereocenters. The molecule has 0 aromatic heterocycles. The largest absolute Gasteiger partial charge is 0.490 e. The number of hydrogen-bond donors (Lipinski definition) is 1. The summed E-state index contributed by atoms with van der Waals surface area (Å²) in [7, 11) is 0. The molecule has 1 saturated heterocycles. The van der Waals surface area contributed by atoms with Gasteiger partial charge in [-0.1, -0.05) is 57.2 Å². The first kappa shape index (κ1) is 21.4. The first-order valence-corrected chi connectivity index (χ1v) is 10.9. The predicted molar refractivity (Wildman–Crippen MR) is 122 cm³/mol. The van der Waals surface area contributed by atoms with E-state index in [0.29, 0.717) is 50.6 Å². The van der Waals surface area contributed by atoms with E-state index in [0.717, 1.165) is 11.1 Å². The van der Waals surface area contributed by atoms with E-state index in [2.05, 4.69) is 31.0 Å². The van der Waals surface area contributed by atoms with Crippen LogP contribution in [0.25, 0.3) is 11.1 Å². The molecule has 1 N–H and O–H groups in total. The molecule has 0 bridgehead atoms. The van der Waals surface area contributed by atoms with Crippen LogP contribution in [0, 0.1) is 5.41 Å². The monoisotopic (exact) mass is 421 g/mol. The number of nitrogens with one attached hydrogen (secondary N) is 1. The molecule has 6 nitrogen and oxygen atoms in total. The van der Waals surface area contributed by atoms with Crippen LogP contribution in [0.4, 0.5) is 5.69 Å². The molecule has 1 atom stereocenters. The minimum atomic E-state index is -0.0589. The van der Waals surface area contributed by atoms with Crippen molar-refractivity contribution in [1.29, 1.82) is 0 Å². The van der Waals surface area contributed by atoms with Crippen LogP contribution in [-0.4, -0.2) is 60.4 Å². The molecule has 2 amide bonds. The van der Waals surface area contributed by atoms with E-state index in [-0.39, 0.29) is 23.3 Å². The Hall–Kier alpha value is -2.86. The number of piperazine rings is 1. The standard InChI is InChI=1S/C25H31N3O3/c1-25(2,3)14-24(30)28-12-11-27-16-23(29)26-21-13-19(18-7-5-4-6-8-18)9-10-22(21)31-17-20(27)15-28/h4-10,13,20H,11-12,14-17H2,1-3H3,(H,26,29)/t20-/m0/s1. The Kier molecular flexibility index (Phi) is 6.01. The van der Waals surface area contributed by atoms with Crippen molar-refractivity contribution in [2.75, 3.05) is 38.1 Å². The fourth-order valence-electron chi connectivity index (χ4n) is 4.18. The maximum Gasteiger partial charge on any atom is 0.238 e. The summed E-state index contributed by atoms with van der Waals surface area (Å²) in [5.41, 5.74) is 2.76. The molecule has 2 aliphatic rings. The van der Waals surface area contributed by atoms with Crippen molar-refractivity contribution in [3.05, 3.63) is 48.5 Å². The zero-order valence-electron chi connectivity index (χ0n) is 18.6. The quantitative estimate of drug-likeness (QED) is 0.804. The summed E-state index contributed by atoms with van der Waals surface area (Å²) in [4.78, 5) is 29.5. The number of fused-ring (bicyclic) bond motifs is 2. The van der Waals surface area contributed by atoms with Crippen molar-refractivity contribution < 1.29 is 14.3 Å². The number of rotatable bonds is 2. The van der Waals surface area contributed by atoms with E-state index in [1.54, 1.807) is 0 Å². The van der Waals surface area contributed by atoms with Crippen molar-refractivity contribution in [2.24, 2.45) is 5.41 Å². The Morgan fingerprint density at radius 2 is 1.87 bits per heavy atom. The zero-order chi connectivity index (χ0) is 22.0. The Labute approximate surface area is 184 Å². The molecule has 6 heteroatoms. The minimum Gasteiger partial charge on any atom is -0.490 e. The summed E-state index contributed by atoms with van der Waals surface area (Å²) >= 11 is 0. The predicted octanol–water partition coefficient (Wildman–Crippen LogP) is 3.63. The second-order valence-corrected chi connectivity index (χ2v) is 9.64. The van der Waals surface area contributed by atoms with Crippen LogP contribution in [0.5, 0.6) is 5.75 Å². The van der Waals surface area contributed by atoms with Crippen molar-refractivity contribution in [2.45, 2.75) is 33.2 Å². The lowest BCUT2D eigenvalue weighted by atomic mass is 9.91. The Balaban J connectivity index is 1.52. The van der Waals surface area contributed by atoms with Gasteiger partial charge in [0.25, 0.3) is 0 Å². The Bertz CT molecular complexity index is 952. The molecule has 2 aliphatic heterocycles. The number of nitrogens with zero attached hydrogens (tertiary/aromatic N) is 2. The van der Waals surface area contributed by atoms with E-state index < -0.39 is 0 Å². The van der Waals surface area contributed by atoms with E-state index >= 15 is 0 Å². The SMILES string of the molecule is CC(C)(C)CC(=O)N1CCN2CC(=O)Nc3cc(-c4ccccc4)ccc3OC[C@@H]2C1. The number of amides is 2. The van der Waals surface area contributed by atoms with Crippen LogP contribution in [0.3, 0.4) is 0 Å². The Morgan fingerprint density at radius 1 is 1.10 bits per heavy atom. The van der Waals surface area contributed by atoms with Gasteiger partial charge in [-0.15, -0.1) is 0 Å². The van der Waals surface area contributed by atoms with E-state index in [4.69, 9.17) is 4.74 Å². The van der Waals surface area contributed by atoms with Gasteiger partial charge in [0.2, 0.25) is 11.8 Å². The maximum absolute atomic E-state index is 12.8.